The molecule has 0 spiro atoms. The van der Waals surface area contributed by atoms with E-state index in [1.165, 1.54) is 29.0 Å². The summed E-state index contributed by atoms with van der Waals surface area (Å²) in [6.07, 6.45) is 2.22. The van der Waals surface area contributed by atoms with Crippen molar-refractivity contribution in [2.24, 2.45) is 5.41 Å². The fourth-order valence-electron chi connectivity index (χ4n) is 5.19. The molecule has 1 saturated heterocycles. The molecule has 0 radical (unpaired) electrons. The maximum Gasteiger partial charge on any atom is 0.510 e. The SMILES string of the molecule is CN(c1nccc(=O)n1COC(=O)OC(C)(C)C(C)(C)C)C1CCN(c2nc3ccccc3n2Cc2ccc(F)cc2)CC1. The van der Waals surface area contributed by atoms with E-state index in [0.717, 1.165) is 48.5 Å². The zero-order valence-corrected chi connectivity index (χ0v) is 26.3. The smallest absolute Gasteiger partial charge is 0.428 e. The highest BCUT2D eigenvalue weighted by Crippen LogP contribution is 2.33. The van der Waals surface area contributed by atoms with E-state index in [9.17, 15) is 14.0 Å². The lowest BCUT2D eigenvalue weighted by atomic mass is 9.79. The Morgan fingerprint density at radius 3 is 2.36 bits per heavy atom. The normalized spacial score (nSPS) is 14.6. The summed E-state index contributed by atoms with van der Waals surface area (Å²) >= 11 is 0. The molecule has 44 heavy (non-hydrogen) atoms. The average molecular weight is 605 g/mol. The van der Waals surface area contributed by atoms with Gasteiger partial charge in [0.2, 0.25) is 11.9 Å². The first-order valence-electron chi connectivity index (χ1n) is 14.9. The lowest BCUT2D eigenvalue weighted by Gasteiger charge is -2.38. The first-order valence-corrected chi connectivity index (χ1v) is 14.9. The third-order valence-corrected chi connectivity index (χ3v) is 8.87. The Morgan fingerprint density at radius 1 is 1.00 bits per heavy atom. The Hall–Kier alpha value is -4.41. The van der Waals surface area contributed by atoms with Gasteiger partial charge in [-0.15, -0.1) is 0 Å². The number of fused-ring (bicyclic) bond motifs is 1. The molecule has 0 bridgehead atoms. The number of para-hydroxylation sites is 2. The van der Waals surface area contributed by atoms with Gasteiger partial charge in [-0.05, 0) is 56.5 Å². The summed E-state index contributed by atoms with van der Waals surface area (Å²) in [5.74, 6) is 1.03. The van der Waals surface area contributed by atoms with Crippen molar-refractivity contribution in [2.45, 2.75) is 72.4 Å². The molecule has 3 heterocycles. The van der Waals surface area contributed by atoms with Crippen LogP contribution in [0.1, 0.15) is 53.0 Å². The number of ether oxygens (including phenoxy) is 2. The minimum Gasteiger partial charge on any atom is -0.428 e. The van der Waals surface area contributed by atoms with Crippen LogP contribution >= 0.6 is 0 Å². The van der Waals surface area contributed by atoms with E-state index in [0.29, 0.717) is 12.5 Å². The number of carbonyl (C=O) groups is 1. The third-order valence-electron chi connectivity index (χ3n) is 8.87. The number of imidazole rings is 1. The highest BCUT2D eigenvalue weighted by atomic mass is 19.1. The minimum atomic E-state index is -0.842. The molecule has 5 rings (SSSR count). The number of nitrogens with zero attached hydrogens (tertiary/aromatic N) is 6. The zero-order chi connectivity index (χ0) is 31.6. The van der Waals surface area contributed by atoms with Crippen molar-refractivity contribution < 1.29 is 18.7 Å². The molecule has 0 N–H and O–H groups in total. The molecule has 1 aliphatic rings. The van der Waals surface area contributed by atoms with E-state index in [2.05, 4.69) is 20.5 Å². The second-order valence-corrected chi connectivity index (χ2v) is 12.8. The van der Waals surface area contributed by atoms with Crippen LogP contribution in [-0.4, -0.2) is 57.0 Å². The molecule has 4 aromatic rings. The van der Waals surface area contributed by atoms with E-state index in [1.54, 1.807) is 12.1 Å². The van der Waals surface area contributed by atoms with Crippen LogP contribution in [0.15, 0.2) is 65.6 Å². The molecule has 11 heteroatoms. The number of aromatic nitrogens is 4. The van der Waals surface area contributed by atoms with Crippen LogP contribution in [0.2, 0.25) is 0 Å². The van der Waals surface area contributed by atoms with Gasteiger partial charge in [0.1, 0.15) is 11.4 Å². The van der Waals surface area contributed by atoms with Crippen LogP contribution < -0.4 is 15.4 Å². The van der Waals surface area contributed by atoms with Gasteiger partial charge in [-0.2, -0.15) is 0 Å². The molecule has 1 aliphatic heterocycles. The number of anilines is 2. The molecule has 0 saturated carbocycles. The summed E-state index contributed by atoms with van der Waals surface area (Å²) in [6.45, 7) is 11.3. The van der Waals surface area contributed by atoms with Crippen molar-refractivity contribution in [3.8, 4) is 0 Å². The van der Waals surface area contributed by atoms with Crippen LogP contribution in [0.4, 0.5) is 21.1 Å². The van der Waals surface area contributed by atoms with Crippen molar-refractivity contribution in [3.05, 3.63) is 82.5 Å². The molecule has 2 aromatic carbocycles. The fraction of sp³-hybridized carbons (Fsp3) is 0.455. The van der Waals surface area contributed by atoms with E-state index >= 15 is 0 Å². The van der Waals surface area contributed by atoms with E-state index in [-0.39, 0.29) is 29.6 Å². The number of rotatable bonds is 8. The van der Waals surface area contributed by atoms with Crippen LogP contribution in [0.25, 0.3) is 11.0 Å². The van der Waals surface area contributed by atoms with E-state index in [4.69, 9.17) is 14.5 Å². The lowest BCUT2D eigenvalue weighted by Crippen LogP contribution is -2.46. The van der Waals surface area contributed by atoms with Crippen molar-refractivity contribution in [1.29, 1.82) is 0 Å². The highest BCUT2D eigenvalue weighted by molar-refractivity contribution is 5.79. The predicted molar refractivity (Wildman–Crippen MR) is 168 cm³/mol. The summed E-state index contributed by atoms with van der Waals surface area (Å²) < 4.78 is 28.0. The summed E-state index contributed by atoms with van der Waals surface area (Å²) in [4.78, 5) is 39.1. The lowest BCUT2D eigenvalue weighted by molar-refractivity contribution is -0.0788. The second kappa shape index (κ2) is 12.3. The second-order valence-electron chi connectivity index (χ2n) is 12.8. The van der Waals surface area contributed by atoms with Gasteiger partial charge >= 0.3 is 6.16 Å². The van der Waals surface area contributed by atoms with Gasteiger partial charge in [0, 0.05) is 43.9 Å². The highest BCUT2D eigenvalue weighted by Gasteiger charge is 2.37. The largest absolute Gasteiger partial charge is 0.510 e. The van der Waals surface area contributed by atoms with Crippen molar-refractivity contribution in [3.63, 3.8) is 0 Å². The Balaban J connectivity index is 1.29. The molecule has 1 fully saturated rings. The summed E-state index contributed by atoms with van der Waals surface area (Å²) in [5.41, 5.74) is 1.53. The van der Waals surface area contributed by atoms with Crippen LogP contribution in [0.5, 0.6) is 0 Å². The topological polar surface area (TPSA) is 94.7 Å². The number of halogens is 1. The maximum absolute atomic E-state index is 13.6. The van der Waals surface area contributed by atoms with Gasteiger partial charge in [-0.3, -0.25) is 4.79 Å². The van der Waals surface area contributed by atoms with Gasteiger partial charge in [-0.1, -0.05) is 45.0 Å². The van der Waals surface area contributed by atoms with Gasteiger partial charge in [0.05, 0.1) is 17.6 Å². The molecular weight excluding hydrogens is 563 g/mol. The quantitative estimate of drug-likeness (QED) is 0.232. The van der Waals surface area contributed by atoms with Crippen LogP contribution in [0.3, 0.4) is 0 Å². The molecule has 0 unspecified atom stereocenters. The van der Waals surface area contributed by atoms with Crippen molar-refractivity contribution >= 4 is 29.1 Å². The Labute approximate surface area is 257 Å². The molecule has 0 atom stereocenters. The van der Waals surface area contributed by atoms with E-state index < -0.39 is 11.8 Å². The Kier molecular flexibility index (Phi) is 8.67. The number of benzene rings is 2. The first-order chi connectivity index (χ1) is 20.8. The number of hydrogen-bond donors (Lipinski definition) is 0. The average Bonchev–Trinajstić information content (AvgIpc) is 3.34. The number of piperidine rings is 1. The third kappa shape index (κ3) is 6.56. The van der Waals surface area contributed by atoms with Crippen LogP contribution in [0, 0.1) is 11.2 Å². The zero-order valence-electron chi connectivity index (χ0n) is 26.3. The van der Waals surface area contributed by atoms with Gasteiger partial charge < -0.3 is 23.8 Å². The van der Waals surface area contributed by atoms with Gasteiger partial charge in [-0.25, -0.2) is 23.7 Å². The first kappa shape index (κ1) is 31.0. The Bertz CT molecular complexity index is 1670. The van der Waals surface area contributed by atoms with Crippen LogP contribution in [-0.2, 0) is 22.7 Å². The summed E-state index contributed by atoms with van der Waals surface area (Å²) in [6, 6.07) is 16.0. The van der Waals surface area contributed by atoms with E-state index in [1.807, 2.05) is 64.8 Å². The maximum atomic E-state index is 13.6. The summed E-state index contributed by atoms with van der Waals surface area (Å²) in [7, 11) is 1.91. The van der Waals surface area contributed by atoms with Crippen molar-refractivity contribution in [2.75, 3.05) is 29.9 Å². The molecule has 234 valence electrons. The minimum absolute atomic E-state index is 0.0912. The molecular formula is C33H41FN6O4. The Morgan fingerprint density at radius 2 is 1.68 bits per heavy atom. The fourth-order valence-corrected chi connectivity index (χ4v) is 5.19. The molecule has 0 aliphatic carbocycles. The number of hydrogen-bond acceptors (Lipinski definition) is 8. The molecule has 0 amide bonds. The standard InChI is InChI=1S/C33H41FN6O4/c1-32(2,3)33(4,5)44-31(42)43-22-40-28(41)15-18-35-29(40)37(6)25-16-19-38(20-17-25)30-36-26-9-7-8-10-27(26)39(30)21-23-11-13-24(34)14-12-23/h7-15,18,25H,16-17,19-22H2,1-6H3. The molecule has 2 aromatic heterocycles. The van der Waals surface area contributed by atoms with Crippen molar-refractivity contribution in [1.82, 2.24) is 19.1 Å². The van der Waals surface area contributed by atoms with Gasteiger partial charge in [0.15, 0.2) is 6.73 Å². The molecule has 10 nitrogen and oxygen atoms in total. The van der Waals surface area contributed by atoms with Gasteiger partial charge in [0.25, 0.3) is 5.56 Å². The monoisotopic (exact) mass is 604 g/mol. The predicted octanol–water partition coefficient (Wildman–Crippen LogP) is 5.82. The summed E-state index contributed by atoms with van der Waals surface area (Å²) in [5, 5.41) is 0. The number of carbonyl (C=O) groups excluding carboxylic acids is 1.